The Labute approximate surface area is 204 Å². The topological polar surface area (TPSA) is 81.1 Å². The van der Waals surface area contributed by atoms with Gasteiger partial charge in [0.15, 0.2) is 0 Å². The quantitative estimate of drug-likeness (QED) is 0.211. The molecule has 0 aliphatic rings. The molecule has 0 bridgehead atoms. The Morgan fingerprint density at radius 1 is 1.12 bits per heavy atom. The number of carbonyl (C=O) groups excluding carboxylic acids is 1. The van der Waals surface area contributed by atoms with E-state index in [0.717, 1.165) is 34.5 Å². The van der Waals surface area contributed by atoms with E-state index >= 15 is 0 Å². The van der Waals surface area contributed by atoms with Gasteiger partial charge >= 0.3 is 5.97 Å². The van der Waals surface area contributed by atoms with Crippen molar-refractivity contribution in [3.8, 4) is 17.6 Å². The lowest BCUT2D eigenvalue weighted by Gasteiger charge is -2.21. The van der Waals surface area contributed by atoms with Crippen LogP contribution < -0.4 is 15.1 Å². The number of benzene rings is 1. The highest BCUT2D eigenvalue weighted by Crippen LogP contribution is 2.30. The normalized spacial score (nSPS) is 11.4. The van der Waals surface area contributed by atoms with Gasteiger partial charge in [-0.3, -0.25) is 4.79 Å². The summed E-state index contributed by atoms with van der Waals surface area (Å²) in [5.74, 6) is 6.96. The van der Waals surface area contributed by atoms with Crippen molar-refractivity contribution in [3.05, 3.63) is 47.2 Å². The third-order valence-corrected chi connectivity index (χ3v) is 6.48. The van der Waals surface area contributed by atoms with Crippen molar-refractivity contribution in [3.63, 3.8) is 0 Å². The van der Waals surface area contributed by atoms with Gasteiger partial charge in [0.2, 0.25) is 0 Å². The molecule has 1 heterocycles. The first kappa shape index (κ1) is 27.6. The summed E-state index contributed by atoms with van der Waals surface area (Å²) in [6, 6.07) is 9.55. The van der Waals surface area contributed by atoms with Gasteiger partial charge in [0.05, 0.1) is 44.8 Å². The molecule has 184 valence electrons. The summed E-state index contributed by atoms with van der Waals surface area (Å²) in [6.07, 6.45) is 0.929. The molecule has 2 aromatic rings. The molecule has 2 rings (SSSR count). The minimum absolute atomic E-state index is 0.147. The zero-order valence-electron chi connectivity index (χ0n) is 20.8. The van der Waals surface area contributed by atoms with Gasteiger partial charge in [-0.05, 0) is 64.2 Å². The highest BCUT2D eigenvalue weighted by molar-refractivity contribution is 7.59. The molecular weight excluding hydrogens is 451 g/mol. The van der Waals surface area contributed by atoms with Crippen molar-refractivity contribution in [2.45, 2.75) is 40.2 Å². The molecule has 0 amide bonds. The first-order valence-electron chi connectivity index (χ1n) is 11.6. The third-order valence-electron chi connectivity index (χ3n) is 4.96. The molecule has 0 fully saturated rings. The number of anilines is 1. The summed E-state index contributed by atoms with van der Waals surface area (Å²) in [4.78, 5) is 18.1. The number of aliphatic hydroxyl groups is 1. The number of rotatable bonds is 12. The van der Waals surface area contributed by atoms with E-state index in [-0.39, 0.29) is 12.6 Å². The molecule has 0 saturated carbocycles. The number of nitrogens with zero attached hydrogens (tertiary/aromatic N) is 2. The van der Waals surface area contributed by atoms with Gasteiger partial charge in [0, 0.05) is 37.7 Å². The average molecular weight is 487 g/mol. The Balaban J connectivity index is 2.21. The molecule has 0 aliphatic carbocycles. The van der Waals surface area contributed by atoms with Crippen LogP contribution in [0, 0.1) is 11.8 Å². The summed E-state index contributed by atoms with van der Waals surface area (Å²) in [5, 5.41) is 9.59. The molecule has 1 unspecified atom stereocenters. The molecule has 1 aromatic heterocycles. The van der Waals surface area contributed by atoms with E-state index in [0.29, 0.717) is 38.4 Å². The Bertz CT molecular complexity index is 1000. The number of aliphatic hydroxyl groups excluding tert-OH is 1. The van der Waals surface area contributed by atoms with E-state index in [2.05, 4.69) is 28.6 Å². The van der Waals surface area contributed by atoms with Crippen molar-refractivity contribution in [1.82, 2.24) is 4.98 Å². The fourth-order valence-corrected chi connectivity index (χ4v) is 4.22. The standard InChI is InChI=1S/C26H35N2O5P/c1-6-28(4)23-17-20(13-14-24(23)32-15-9-10-26(30)31-7-2)11-12-21-16-22(19-29)27-25(18-21)34(5)33-8-3/h13-14,16-18,29H,6-10,15,19H2,1-5H3. The number of hydrogen-bond acceptors (Lipinski definition) is 7. The van der Waals surface area contributed by atoms with E-state index in [9.17, 15) is 9.90 Å². The number of pyridine rings is 1. The second kappa shape index (κ2) is 14.6. The van der Waals surface area contributed by atoms with Crippen LogP contribution >= 0.6 is 8.15 Å². The predicted octanol–water partition coefficient (Wildman–Crippen LogP) is 3.84. The van der Waals surface area contributed by atoms with Crippen molar-refractivity contribution in [1.29, 1.82) is 0 Å². The van der Waals surface area contributed by atoms with Crippen LogP contribution in [0.2, 0.25) is 0 Å². The average Bonchev–Trinajstić information content (AvgIpc) is 2.85. The molecule has 7 nitrogen and oxygen atoms in total. The van der Waals surface area contributed by atoms with Crippen LogP contribution in [0.5, 0.6) is 5.75 Å². The molecule has 8 heteroatoms. The van der Waals surface area contributed by atoms with Crippen LogP contribution in [0.1, 0.15) is 50.4 Å². The summed E-state index contributed by atoms with van der Waals surface area (Å²) in [7, 11) is 1.14. The monoisotopic (exact) mass is 486 g/mol. The lowest BCUT2D eigenvalue weighted by Crippen LogP contribution is -2.17. The maximum absolute atomic E-state index is 11.5. The minimum atomic E-state index is -0.856. The zero-order valence-corrected chi connectivity index (χ0v) is 21.7. The Morgan fingerprint density at radius 3 is 2.56 bits per heavy atom. The van der Waals surface area contributed by atoms with E-state index in [1.54, 1.807) is 13.0 Å². The third kappa shape index (κ3) is 8.61. The van der Waals surface area contributed by atoms with Crippen LogP contribution in [-0.4, -0.2) is 56.1 Å². The summed E-state index contributed by atoms with van der Waals surface area (Å²) in [5.41, 5.74) is 3.96. The second-order valence-electron chi connectivity index (χ2n) is 7.48. The van der Waals surface area contributed by atoms with E-state index in [4.69, 9.17) is 14.0 Å². The Hall–Kier alpha value is -2.65. The molecule has 0 spiro atoms. The second-order valence-corrected chi connectivity index (χ2v) is 9.19. The molecule has 0 saturated heterocycles. The fraction of sp³-hybridized carbons (Fsp3) is 0.462. The summed E-state index contributed by atoms with van der Waals surface area (Å²) in [6.45, 7) is 9.91. The van der Waals surface area contributed by atoms with Gasteiger partial charge in [-0.2, -0.15) is 0 Å². The van der Waals surface area contributed by atoms with Gasteiger partial charge in [0.1, 0.15) is 5.75 Å². The Kier molecular flexibility index (Phi) is 11.8. The van der Waals surface area contributed by atoms with Crippen molar-refractivity contribution in [2.24, 2.45) is 0 Å². The van der Waals surface area contributed by atoms with E-state index in [1.807, 2.05) is 44.9 Å². The summed E-state index contributed by atoms with van der Waals surface area (Å²) >= 11 is 0. The van der Waals surface area contributed by atoms with Gasteiger partial charge in [0.25, 0.3) is 0 Å². The molecule has 1 atom stereocenters. The maximum Gasteiger partial charge on any atom is 0.305 e. The van der Waals surface area contributed by atoms with E-state index in [1.165, 1.54) is 0 Å². The molecule has 0 radical (unpaired) electrons. The number of hydrogen-bond donors (Lipinski definition) is 1. The maximum atomic E-state index is 11.5. The van der Waals surface area contributed by atoms with Gasteiger partial charge in [-0.15, -0.1) is 0 Å². The van der Waals surface area contributed by atoms with Crippen molar-refractivity contribution in [2.75, 3.05) is 45.0 Å². The number of ether oxygens (including phenoxy) is 2. The van der Waals surface area contributed by atoms with E-state index < -0.39 is 8.15 Å². The number of aromatic nitrogens is 1. The molecule has 1 aromatic carbocycles. The largest absolute Gasteiger partial charge is 0.491 e. The van der Waals surface area contributed by atoms with Gasteiger partial charge in [-0.25, -0.2) is 4.98 Å². The minimum Gasteiger partial charge on any atom is -0.491 e. The van der Waals surface area contributed by atoms with Crippen LogP contribution in [-0.2, 0) is 20.7 Å². The van der Waals surface area contributed by atoms with Crippen LogP contribution in [0.25, 0.3) is 0 Å². The molecule has 34 heavy (non-hydrogen) atoms. The number of esters is 1. The van der Waals surface area contributed by atoms with Crippen molar-refractivity contribution < 1.29 is 23.9 Å². The van der Waals surface area contributed by atoms with Crippen LogP contribution in [0.3, 0.4) is 0 Å². The first-order chi connectivity index (χ1) is 16.4. The molecule has 1 N–H and O–H groups in total. The van der Waals surface area contributed by atoms with Crippen LogP contribution in [0.4, 0.5) is 5.69 Å². The molecule has 0 aliphatic heterocycles. The first-order valence-corrected chi connectivity index (χ1v) is 13.3. The fourth-order valence-electron chi connectivity index (χ4n) is 3.11. The smallest absolute Gasteiger partial charge is 0.305 e. The van der Waals surface area contributed by atoms with Crippen molar-refractivity contribution >= 4 is 25.2 Å². The summed E-state index contributed by atoms with van der Waals surface area (Å²) < 4.78 is 16.6. The van der Waals surface area contributed by atoms with Crippen LogP contribution in [0.15, 0.2) is 30.3 Å². The lowest BCUT2D eigenvalue weighted by atomic mass is 10.1. The predicted molar refractivity (Wildman–Crippen MR) is 137 cm³/mol. The highest BCUT2D eigenvalue weighted by atomic mass is 31.1. The zero-order chi connectivity index (χ0) is 24.9. The van der Waals surface area contributed by atoms with Gasteiger partial charge in [-0.1, -0.05) is 11.8 Å². The molecular formula is C26H35N2O5P. The van der Waals surface area contributed by atoms with Gasteiger partial charge < -0.3 is 24.0 Å². The number of carbonyl (C=O) groups is 1. The highest BCUT2D eigenvalue weighted by Gasteiger charge is 2.11. The Morgan fingerprint density at radius 2 is 1.88 bits per heavy atom. The SMILES string of the molecule is CCOC(=O)CCCOc1ccc(C#Cc2cc(CO)nc(P(C)OCC)c2)cc1N(C)CC. The lowest BCUT2D eigenvalue weighted by molar-refractivity contribution is -0.143.